The molecule has 1 heterocycles. The number of carbonyl (C=O) groups excluding carboxylic acids is 2. The molecule has 146 valence electrons. The molecule has 1 aromatic rings. The van der Waals surface area contributed by atoms with Crippen molar-refractivity contribution in [2.75, 3.05) is 13.1 Å². The molecule has 0 radical (unpaired) electrons. The molecule has 0 unspecified atom stereocenters. The summed E-state index contributed by atoms with van der Waals surface area (Å²) in [5.41, 5.74) is 0.883. The summed E-state index contributed by atoms with van der Waals surface area (Å²) in [4.78, 5) is 27.9. The van der Waals surface area contributed by atoms with Crippen LogP contribution in [0.15, 0.2) is 30.3 Å². The Labute approximate surface area is 162 Å². The second kappa shape index (κ2) is 8.04. The normalized spacial score (nSPS) is 23.5. The van der Waals surface area contributed by atoms with E-state index >= 15 is 0 Å². The summed E-state index contributed by atoms with van der Waals surface area (Å²) in [7, 11) is 0. The van der Waals surface area contributed by atoms with Crippen molar-refractivity contribution in [3.05, 3.63) is 35.9 Å². The largest absolute Gasteiger partial charge is 0.353 e. The molecule has 2 saturated carbocycles. The van der Waals surface area contributed by atoms with Crippen molar-refractivity contribution in [2.45, 2.75) is 75.7 Å². The van der Waals surface area contributed by atoms with Gasteiger partial charge in [-0.3, -0.25) is 9.59 Å². The predicted molar refractivity (Wildman–Crippen MR) is 106 cm³/mol. The van der Waals surface area contributed by atoms with Gasteiger partial charge in [-0.25, -0.2) is 0 Å². The summed E-state index contributed by atoms with van der Waals surface area (Å²) in [6.07, 6.45) is 10.6. The molecule has 4 heteroatoms. The molecule has 1 aromatic carbocycles. The zero-order chi connectivity index (χ0) is 18.7. The van der Waals surface area contributed by atoms with Gasteiger partial charge < -0.3 is 10.2 Å². The predicted octanol–water partition coefficient (Wildman–Crippen LogP) is 3.80. The van der Waals surface area contributed by atoms with Gasteiger partial charge in [0.1, 0.15) is 0 Å². The molecular formula is C23H32N2O2. The van der Waals surface area contributed by atoms with Gasteiger partial charge in [0.15, 0.2) is 0 Å². The smallest absolute Gasteiger partial charge is 0.233 e. The van der Waals surface area contributed by atoms with E-state index in [1.165, 1.54) is 24.8 Å². The van der Waals surface area contributed by atoms with Crippen LogP contribution in [0, 0.1) is 5.92 Å². The van der Waals surface area contributed by atoms with Crippen LogP contribution >= 0.6 is 0 Å². The van der Waals surface area contributed by atoms with E-state index in [0.717, 1.165) is 58.0 Å². The van der Waals surface area contributed by atoms with Gasteiger partial charge in [0, 0.05) is 25.0 Å². The number of piperidine rings is 1. The summed E-state index contributed by atoms with van der Waals surface area (Å²) < 4.78 is 0. The van der Waals surface area contributed by atoms with Crippen LogP contribution in [-0.4, -0.2) is 35.8 Å². The maximum absolute atomic E-state index is 13.3. The lowest BCUT2D eigenvalue weighted by atomic mass is 9.63. The Morgan fingerprint density at radius 1 is 0.889 bits per heavy atom. The quantitative estimate of drug-likeness (QED) is 0.879. The summed E-state index contributed by atoms with van der Waals surface area (Å²) in [5, 5.41) is 3.27. The molecular weight excluding hydrogens is 336 g/mol. The van der Waals surface area contributed by atoms with E-state index in [2.05, 4.69) is 22.3 Å². The van der Waals surface area contributed by atoms with Gasteiger partial charge in [-0.2, -0.15) is 0 Å². The van der Waals surface area contributed by atoms with Crippen LogP contribution in [0.3, 0.4) is 0 Å². The van der Waals surface area contributed by atoms with Crippen LogP contribution < -0.4 is 5.32 Å². The van der Waals surface area contributed by atoms with Crippen molar-refractivity contribution in [1.29, 1.82) is 0 Å². The molecule has 0 bridgehead atoms. The zero-order valence-electron chi connectivity index (χ0n) is 16.3. The third-order valence-electron chi connectivity index (χ3n) is 7.05. The topological polar surface area (TPSA) is 49.4 Å². The van der Waals surface area contributed by atoms with Crippen LogP contribution in [0.2, 0.25) is 0 Å². The van der Waals surface area contributed by atoms with E-state index < -0.39 is 0 Å². The molecule has 2 amide bonds. The molecule has 0 spiro atoms. The van der Waals surface area contributed by atoms with Crippen molar-refractivity contribution in [3.63, 3.8) is 0 Å². The Kier molecular flexibility index (Phi) is 5.51. The van der Waals surface area contributed by atoms with Crippen LogP contribution in [0.25, 0.3) is 0 Å². The van der Waals surface area contributed by atoms with Crippen molar-refractivity contribution in [1.82, 2.24) is 10.2 Å². The van der Waals surface area contributed by atoms with Gasteiger partial charge >= 0.3 is 0 Å². The standard InChI is InChI=1S/C23H32N2O2/c26-21(18-8-3-1-4-9-18)24-20-12-16-25(17-13-20)22(27)23(14-7-15-23)19-10-5-2-6-11-19/h2,5-6,10-11,18,20H,1,3-4,7-9,12-17H2,(H,24,26). The number of nitrogens with one attached hydrogen (secondary N) is 1. The van der Waals surface area contributed by atoms with E-state index in [0.29, 0.717) is 5.91 Å². The van der Waals surface area contributed by atoms with E-state index in [4.69, 9.17) is 0 Å². The van der Waals surface area contributed by atoms with Crippen molar-refractivity contribution < 1.29 is 9.59 Å². The highest BCUT2D eigenvalue weighted by molar-refractivity contribution is 5.89. The third-order valence-corrected chi connectivity index (χ3v) is 7.05. The summed E-state index contributed by atoms with van der Waals surface area (Å²) >= 11 is 0. The maximum atomic E-state index is 13.3. The maximum Gasteiger partial charge on any atom is 0.233 e. The number of rotatable bonds is 4. The molecule has 3 aliphatic rings. The fourth-order valence-electron chi connectivity index (χ4n) is 5.13. The van der Waals surface area contributed by atoms with Gasteiger partial charge in [-0.05, 0) is 44.1 Å². The summed E-state index contributed by atoms with van der Waals surface area (Å²) in [6, 6.07) is 10.5. The molecule has 1 saturated heterocycles. The van der Waals surface area contributed by atoms with Gasteiger partial charge in [0.05, 0.1) is 5.41 Å². The fraction of sp³-hybridized carbons (Fsp3) is 0.652. The highest BCUT2D eigenvalue weighted by atomic mass is 16.2. The van der Waals surface area contributed by atoms with E-state index in [-0.39, 0.29) is 23.3 Å². The Bertz CT molecular complexity index is 654. The lowest BCUT2D eigenvalue weighted by molar-refractivity contribution is -0.142. The number of carbonyl (C=O) groups is 2. The Morgan fingerprint density at radius 3 is 2.15 bits per heavy atom. The van der Waals surface area contributed by atoms with E-state index in [1.807, 2.05) is 18.2 Å². The first-order valence-corrected chi connectivity index (χ1v) is 10.8. The molecule has 27 heavy (non-hydrogen) atoms. The lowest BCUT2D eigenvalue weighted by Crippen LogP contribution is -2.55. The highest BCUT2D eigenvalue weighted by Gasteiger charge is 2.48. The number of amides is 2. The monoisotopic (exact) mass is 368 g/mol. The fourth-order valence-corrected chi connectivity index (χ4v) is 5.13. The third kappa shape index (κ3) is 3.76. The molecule has 3 fully saturated rings. The minimum Gasteiger partial charge on any atom is -0.353 e. The number of hydrogen-bond acceptors (Lipinski definition) is 2. The van der Waals surface area contributed by atoms with Gasteiger partial charge in [0.25, 0.3) is 0 Å². The SMILES string of the molecule is O=C(NC1CCN(C(=O)C2(c3ccccc3)CCC2)CC1)C1CCCCC1. The van der Waals surface area contributed by atoms with Gasteiger partial charge in [-0.15, -0.1) is 0 Å². The van der Waals surface area contributed by atoms with Gasteiger partial charge in [-0.1, -0.05) is 56.0 Å². The second-order valence-corrected chi connectivity index (χ2v) is 8.71. The lowest BCUT2D eigenvalue weighted by Gasteiger charge is -2.45. The van der Waals surface area contributed by atoms with Crippen molar-refractivity contribution >= 4 is 11.8 Å². The molecule has 4 nitrogen and oxygen atoms in total. The van der Waals surface area contributed by atoms with E-state index in [1.54, 1.807) is 0 Å². The zero-order valence-corrected chi connectivity index (χ0v) is 16.3. The molecule has 2 aliphatic carbocycles. The van der Waals surface area contributed by atoms with Gasteiger partial charge in [0.2, 0.25) is 11.8 Å². The number of benzene rings is 1. The first-order chi connectivity index (χ1) is 13.2. The average Bonchev–Trinajstić information content (AvgIpc) is 2.69. The molecule has 0 atom stereocenters. The van der Waals surface area contributed by atoms with Crippen LogP contribution in [0.4, 0.5) is 0 Å². The molecule has 0 aromatic heterocycles. The first-order valence-electron chi connectivity index (χ1n) is 10.8. The van der Waals surface area contributed by atoms with Crippen molar-refractivity contribution in [3.8, 4) is 0 Å². The number of hydrogen-bond donors (Lipinski definition) is 1. The van der Waals surface area contributed by atoms with E-state index in [9.17, 15) is 9.59 Å². The summed E-state index contributed by atoms with van der Waals surface area (Å²) in [5.74, 6) is 0.769. The Balaban J connectivity index is 1.32. The molecule has 4 rings (SSSR count). The van der Waals surface area contributed by atoms with Crippen LogP contribution in [-0.2, 0) is 15.0 Å². The van der Waals surface area contributed by atoms with Crippen LogP contribution in [0.5, 0.6) is 0 Å². The summed E-state index contributed by atoms with van der Waals surface area (Å²) in [6.45, 7) is 1.53. The minimum absolute atomic E-state index is 0.217. The molecule has 1 N–H and O–H groups in total. The van der Waals surface area contributed by atoms with Crippen molar-refractivity contribution in [2.24, 2.45) is 5.92 Å². The minimum atomic E-state index is -0.292. The Morgan fingerprint density at radius 2 is 1.56 bits per heavy atom. The average molecular weight is 369 g/mol. The first kappa shape index (κ1) is 18.5. The molecule has 1 aliphatic heterocycles. The number of likely N-dealkylation sites (tertiary alicyclic amines) is 1. The Hall–Kier alpha value is -1.84. The highest BCUT2D eigenvalue weighted by Crippen LogP contribution is 2.45. The number of nitrogens with zero attached hydrogens (tertiary/aromatic N) is 1. The second-order valence-electron chi connectivity index (χ2n) is 8.71. The van der Waals surface area contributed by atoms with Crippen LogP contribution in [0.1, 0.15) is 69.8 Å².